The van der Waals surface area contributed by atoms with Gasteiger partial charge in [0, 0.05) is 16.1 Å². The van der Waals surface area contributed by atoms with Crippen molar-refractivity contribution in [2.75, 3.05) is 11.9 Å². The second kappa shape index (κ2) is 7.31. The molecule has 1 aromatic heterocycles. The molecule has 24 heavy (non-hydrogen) atoms. The highest BCUT2D eigenvalue weighted by Gasteiger charge is 2.10. The van der Waals surface area contributed by atoms with Crippen LogP contribution in [0.4, 0.5) is 5.88 Å². The van der Waals surface area contributed by atoms with Gasteiger partial charge in [-0.15, -0.1) is 0 Å². The molecular weight excluding hydrogens is 372 g/mol. The molecule has 0 atom stereocenters. The number of carbonyl (C=O) groups excluding carboxylic acids is 1. The van der Waals surface area contributed by atoms with E-state index in [0.717, 1.165) is 15.6 Å². The SMILES string of the molecule is Cc1ccc(OCC(=O)Nc2cc(-c3ccc(Br)cc3)no2)cc1. The van der Waals surface area contributed by atoms with Crippen LogP contribution >= 0.6 is 15.9 Å². The number of aromatic nitrogens is 1. The van der Waals surface area contributed by atoms with Crippen molar-refractivity contribution in [3.05, 3.63) is 64.6 Å². The Kier molecular flexibility index (Phi) is 4.96. The minimum atomic E-state index is -0.311. The van der Waals surface area contributed by atoms with Gasteiger partial charge in [-0.25, -0.2) is 0 Å². The Balaban J connectivity index is 1.57. The first-order chi connectivity index (χ1) is 11.6. The van der Waals surface area contributed by atoms with Gasteiger partial charge in [0.15, 0.2) is 6.61 Å². The van der Waals surface area contributed by atoms with Crippen molar-refractivity contribution in [3.63, 3.8) is 0 Å². The van der Waals surface area contributed by atoms with Gasteiger partial charge >= 0.3 is 0 Å². The molecule has 3 aromatic rings. The molecule has 2 aromatic carbocycles. The molecule has 0 aliphatic heterocycles. The molecule has 0 aliphatic rings. The Labute approximate surface area is 147 Å². The fourth-order valence-electron chi connectivity index (χ4n) is 2.05. The first-order valence-electron chi connectivity index (χ1n) is 7.32. The molecular formula is C18H15BrN2O3. The second-order valence-corrected chi connectivity index (χ2v) is 6.15. The number of nitrogens with zero attached hydrogens (tertiary/aromatic N) is 1. The van der Waals surface area contributed by atoms with E-state index in [1.165, 1.54) is 0 Å². The quantitative estimate of drug-likeness (QED) is 0.704. The molecule has 1 heterocycles. The van der Waals surface area contributed by atoms with Crippen molar-refractivity contribution in [1.29, 1.82) is 0 Å². The molecule has 0 radical (unpaired) electrons. The van der Waals surface area contributed by atoms with Crippen LogP contribution in [0.5, 0.6) is 5.75 Å². The van der Waals surface area contributed by atoms with Crippen LogP contribution in [0.2, 0.25) is 0 Å². The molecule has 0 saturated carbocycles. The number of halogens is 1. The highest BCUT2D eigenvalue weighted by molar-refractivity contribution is 9.10. The third-order valence-corrected chi connectivity index (χ3v) is 3.83. The van der Waals surface area contributed by atoms with Crippen molar-refractivity contribution >= 4 is 27.7 Å². The molecule has 0 aliphatic carbocycles. The van der Waals surface area contributed by atoms with E-state index in [9.17, 15) is 4.79 Å². The van der Waals surface area contributed by atoms with Crippen LogP contribution in [0.15, 0.2) is 63.6 Å². The van der Waals surface area contributed by atoms with Gasteiger partial charge in [0.1, 0.15) is 11.4 Å². The Morgan fingerprint density at radius 1 is 1.17 bits per heavy atom. The summed E-state index contributed by atoms with van der Waals surface area (Å²) in [4.78, 5) is 11.9. The van der Waals surface area contributed by atoms with Gasteiger partial charge in [0.05, 0.1) is 0 Å². The Hall–Kier alpha value is -2.60. The predicted molar refractivity (Wildman–Crippen MR) is 94.9 cm³/mol. The fraction of sp³-hybridized carbons (Fsp3) is 0.111. The van der Waals surface area contributed by atoms with E-state index < -0.39 is 0 Å². The van der Waals surface area contributed by atoms with Crippen LogP contribution in [-0.4, -0.2) is 17.7 Å². The molecule has 0 spiro atoms. The van der Waals surface area contributed by atoms with E-state index in [1.807, 2.05) is 55.5 Å². The summed E-state index contributed by atoms with van der Waals surface area (Å²) in [6.45, 7) is 1.89. The summed E-state index contributed by atoms with van der Waals surface area (Å²) in [5.74, 6) is 0.614. The molecule has 0 unspecified atom stereocenters. The zero-order valence-electron chi connectivity index (χ0n) is 13.0. The van der Waals surface area contributed by atoms with Crippen LogP contribution in [-0.2, 0) is 4.79 Å². The Morgan fingerprint density at radius 3 is 2.58 bits per heavy atom. The summed E-state index contributed by atoms with van der Waals surface area (Å²) in [7, 11) is 0. The number of aryl methyl sites for hydroxylation is 1. The summed E-state index contributed by atoms with van der Waals surface area (Å²) >= 11 is 3.38. The molecule has 1 N–H and O–H groups in total. The van der Waals surface area contributed by atoms with E-state index in [-0.39, 0.29) is 18.4 Å². The predicted octanol–water partition coefficient (Wildman–Crippen LogP) is 4.43. The number of hydrogen-bond donors (Lipinski definition) is 1. The van der Waals surface area contributed by atoms with Crippen LogP contribution in [0, 0.1) is 6.92 Å². The minimum absolute atomic E-state index is 0.0998. The molecule has 1 amide bonds. The second-order valence-electron chi connectivity index (χ2n) is 5.23. The van der Waals surface area contributed by atoms with Gasteiger partial charge in [-0.1, -0.05) is 50.9 Å². The molecule has 5 nitrogen and oxygen atoms in total. The van der Waals surface area contributed by atoms with E-state index >= 15 is 0 Å². The number of ether oxygens (including phenoxy) is 1. The maximum Gasteiger partial charge on any atom is 0.264 e. The van der Waals surface area contributed by atoms with Gasteiger partial charge in [0.25, 0.3) is 5.91 Å². The van der Waals surface area contributed by atoms with Gasteiger partial charge in [-0.05, 0) is 31.2 Å². The molecule has 6 heteroatoms. The maximum absolute atomic E-state index is 11.9. The molecule has 122 valence electrons. The lowest BCUT2D eigenvalue weighted by molar-refractivity contribution is -0.118. The van der Waals surface area contributed by atoms with Gasteiger partial charge in [-0.3, -0.25) is 10.1 Å². The van der Waals surface area contributed by atoms with E-state index in [4.69, 9.17) is 9.26 Å². The van der Waals surface area contributed by atoms with Crippen LogP contribution in [0.25, 0.3) is 11.3 Å². The van der Waals surface area contributed by atoms with Crippen molar-refractivity contribution in [2.24, 2.45) is 0 Å². The smallest absolute Gasteiger partial charge is 0.264 e. The monoisotopic (exact) mass is 386 g/mol. The van der Waals surface area contributed by atoms with Gasteiger partial charge in [-0.2, -0.15) is 0 Å². The van der Waals surface area contributed by atoms with E-state index in [0.29, 0.717) is 11.4 Å². The number of amides is 1. The summed E-state index contributed by atoms with van der Waals surface area (Å²) in [6.07, 6.45) is 0. The minimum Gasteiger partial charge on any atom is -0.484 e. The summed E-state index contributed by atoms with van der Waals surface area (Å²) in [6, 6.07) is 16.8. The molecule has 0 saturated heterocycles. The van der Waals surface area contributed by atoms with E-state index in [2.05, 4.69) is 26.4 Å². The largest absolute Gasteiger partial charge is 0.484 e. The van der Waals surface area contributed by atoms with Crippen molar-refractivity contribution in [1.82, 2.24) is 5.16 Å². The highest BCUT2D eigenvalue weighted by Crippen LogP contribution is 2.23. The van der Waals surface area contributed by atoms with Crippen LogP contribution in [0.3, 0.4) is 0 Å². The Bertz CT molecular complexity index is 826. The number of rotatable bonds is 5. The van der Waals surface area contributed by atoms with E-state index in [1.54, 1.807) is 6.07 Å². The van der Waals surface area contributed by atoms with Gasteiger partial charge < -0.3 is 9.26 Å². The lowest BCUT2D eigenvalue weighted by Crippen LogP contribution is -2.19. The number of hydrogen-bond acceptors (Lipinski definition) is 4. The van der Waals surface area contributed by atoms with Crippen molar-refractivity contribution < 1.29 is 14.1 Å². The lowest BCUT2D eigenvalue weighted by atomic mass is 10.1. The first-order valence-corrected chi connectivity index (χ1v) is 8.11. The molecule has 0 fully saturated rings. The first kappa shape index (κ1) is 16.3. The average Bonchev–Trinajstić information content (AvgIpc) is 3.03. The standard InChI is InChI=1S/C18H15BrN2O3/c1-12-2-8-15(9-3-12)23-11-17(22)20-18-10-16(21-24-18)13-4-6-14(19)7-5-13/h2-10H,11H2,1H3,(H,20,22). The topological polar surface area (TPSA) is 64.4 Å². The summed E-state index contributed by atoms with van der Waals surface area (Å²) in [5, 5.41) is 6.57. The van der Waals surface area contributed by atoms with Crippen molar-refractivity contribution in [3.8, 4) is 17.0 Å². The number of benzene rings is 2. The molecule has 0 bridgehead atoms. The third kappa shape index (κ3) is 4.23. The van der Waals surface area contributed by atoms with Crippen LogP contribution in [0.1, 0.15) is 5.56 Å². The third-order valence-electron chi connectivity index (χ3n) is 3.30. The highest BCUT2D eigenvalue weighted by atomic mass is 79.9. The zero-order chi connectivity index (χ0) is 16.9. The summed E-state index contributed by atoms with van der Waals surface area (Å²) in [5.41, 5.74) is 2.68. The number of nitrogens with one attached hydrogen (secondary N) is 1. The summed E-state index contributed by atoms with van der Waals surface area (Å²) < 4.78 is 11.5. The maximum atomic E-state index is 11.9. The fourth-order valence-corrected chi connectivity index (χ4v) is 2.31. The average molecular weight is 387 g/mol. The number of anilines is 1. The molecule has 3 rings (SSSR count). The van der Waals surface area contributed by atoms with Gasteiger partial charge in [0.2, 0.25) is 5.88 Å². The Morgan fingerprint density at radius 2 is 1.88 bits per heavy atom. The lowest BCUT2D eigenvalue weighted by Gasteiger charge is -2.05. The normalized spacial score (nSPS) is 10.4. The zero-order valence-corrected chi connectivity index (χ0v) is 14.5. The van der Waals surface area contributed by atoms with Crippen LogP contribution < -0.4 is 10.1 Å². The van der Waals surface area contributed by atoms with Crippen molar-refractivity contribution in [2.45, 2.75) is 6.92 Å². The number of carbonyl (C=O) groups is 1.